The molecule has 0 fully saturated rings. The van der Waals surface area contributed by atoms with E-state index in [9.17, 15) is 13.2 Å². The van der Waals surface area contributed by atoms with Crippen LogP contribution in [0.3, 0.4) is 0 Å². The number of nitrogens with zero attached hydrogens (tertiary/aromatic N) is 1. The third kappa shape index (κ3) is 3.75. The second-order valence-corrected chi connectivity index (χ2v) is 8.22. The standard InChI is InChI=1S/C21H18N4O3S/c1-22-29(27,28)15-12-10-14(11-13-15)21(26)25-17-7-3-2-6-16(17)20-23-18-8-4-5-9-19(18)24-20/h2-13,22H,1H3,(H,23,24)(H,25,26). The number of imidazole rings is 1. The van der Waals surface area contributed by atoms with Crippen molar-refractivity contribution < 1.29 is 13.2 Å². The van der Waals surface area contributed by atoms with Crippen LogP contribution in [0.2, 0.25) is 0 Å². The summed E-state index contributed by atoms with van der Waals surface area (Å²) in [6, 6.07) is 20.8. The molecule has 0 saturated heterocycles. The molecule has 7 nitrogen and oxygen atoms in total. The van der Waals surface area contributed by atoms with Crippen LogP contribution in [0.25, 0.3) is 22.4 Å². The van der Waals surface area contributed by atoms with Gasteiger partial charge in [-0.25, -0.2) is 18.1 Å². The van der Waals surface area contributed by atoms with Gasteiger partial charge in [0.2, 0.25) is 10.0 Å². The summed E-state index contributed by atoms with van der Waals surface area (Å²) in [6.07, 6.45) is 0. The minimum Gasteiger partial charge on any atom is -0.338 e. The summed E-state index contributed by atoms with van der Waals surface area (Å²) in [7, 11) is -2.21. The minimum absolute atomic E-state index is 0.0965. The van der Waals surface area contributed by atoms with Gasteiger partial charge in [-0.15, -0.1) is 0 Å². The van der Waals surface area contributed by atoms with Crippen molar-refractivity contribution in [2.45, 2.75) is 4.90 Å². The third-order valence-electron chi connectivity index (χ3n) is 4.52. The van der Waals surface area contributed by atoms with Crippen molar-refractivity contribution in [2.24, 2.45) is 0 Å². The van der Waals surface area contributed by atoms with E-state index in [2.05, 4.69) is 20.0 Å². The molecule has 0 aliphatic carbocycles. The fraction of sp³-hybridized carbons (Fsp3) is 0.0476. The molecule has 3 aromatic carbocycles. The second kappa shape index (κ2) is 7.50. The lowest BCUT2D eigenvalue weighted by molar-refractivity contribution is 0.102. The number of para-hydroxylation sites is 3. The Hall–Kier alpha value is -3.49. The summed E-state index contributed by atoms with van der Waals surface area (Å²) < 4.78 is 25.9. The Bertz CT molecular complexity index is 1260. The SMILES string of the molecule is CNS(=O)(=O)c1ccc(C(=O)Nc2ccccc2-c2nc3ccccc3[nH]2)cc1. The number of amides is 1. The summed E-state index contributed by atoms with van der Waals surface area (Å²) in [5.41, 5.74) is 3.45. The molecule has 0 spiro atoms. The molecule has 1 heterocycles. The fourth-order valence-corrected chi connectivity index (χ4v) is 3.71. The Morgan fingerprint density at radius 3 is 2.34 bits per heavy atom. The number of nitrogens with one attached hydrogen (secondary N) is 3. The van der Waals surface area contributed by atoms with E-state index in [-0.39, 0.29) is 10.8 Å². The van der Waals surface area contributed by atoms with Gasteiger partial charge in [0.25, 0.3) is 5.91 Å². The van der Waals surface area contributed by atoms with Gasteiger partial charge in [-0.3, -0.25) is 4.79 Å². The number of benzene rings is 3. The fourth-order valence-electron chi connectivity index (χ4n) is 2.98. The van der Waals surface area contributed by atoms with Gasteiger partial charge in [-0.2, -0.15) is 0 Å². The van der Waals surface area contributed by atoms with Crippen LogP contribution in [-0.2, 0) is 10.0 Å². The first-order valence-corrected chi connectivity index (χ1v) is 10.4. The summed E-state index contributed by atoms with van der Waals surface area (Å²) >= 11 is 0. The second-order valence-electron chi connectivity index (χ2n) is 6.33. The lowest BCUT2D eigenvalue weighted by atomic mass is 10.1. The molecule has 29 heavy (non-hydrogen) atoms. The Morgan fingerprint density at radius 2 is 1.62 bits per heavy atom. The number of aromatic nitrogens is 2. The highest BCUT2D eigenvalue weighted by Crippen LogP contribution is 2.28. The van der Waals surface area contributed by atoms with Gasteiger partial charge in [0, 0.05) is 11.1 Å². The quantitative estimate of drug-likeness (QED) is 0.472. The van der Waals surface area contributed by atoms with Crippen LogP contribution in [-0.4, -0.2) is 31.3 Å². The van der Waals surface area contributed by atoms with Crippen LogP contribution in [0.5, 0.6) is 0 Å². The predicted octanol–water partition coefficient (Wildman–Crippen LogP) is 3.39. The maximum Gasteiger partial charge on any atom is 0.255 e. The van der Waals surface area contributed by atoms with Crippen molar-refractivity contribution in [3.63, 3.8) is 0 Å². The molecule has 146 valence electrons. The van der Waals surface area contributed by atoms with Crippen molar-refractivity contribution in [3.8, 4) is 11.4 Å². The maximum absolute atomic E-state index is 12.7. The predicted molar refractivity (Wildman–Crippen MR) is 112 cm³/mol. The Morgan fingerprint density at radius 1 is 0.931 bits per heavy atom. The zero-order valence-corrected chi connectivity index (χ0v) is 16.3. The number of hydrogen-bond donors (Lipinski definition) is 3. The molecule has 0 radical (unpaired) electrons. The maximum atomic E-state index is 12.7. The summed E-state index contributed by atoms with van der Waals surface area (Å²) in [6.45, 7) is 0. The van der Waals surface area contributed by atoms with Crippen LogP contribution in [0.4, 0.5) is 5.69 Å². The number of hydrogen-bond acceptors (Lipinski definition) is 4. The zero-order chi connectivity index (χ0) is 20.4. The number of sulfonamides is 1. The number of H-pyrrole nitrogens is 1. The number of carbonyl (C=O) groups is 1. The molecule has 0 unspecified atom stereocenters. The molecule has 0 saturated carbocycles. The number of fused-ring (bicyclic) bond motifs is 1. The number of aromatic amines is 1. The van der Waals surface area contributed by atoms with Gasteiger partial charge in [0.05, 0.1) is 21.6 Å². The highest BCUT2D eigenvalue weighted by molar-refractivity contribution is 7.89. The van der Waals surface area contributed by atoms with E-state index < -0.39 is 10.0 Å². The number of anilines is 1. The van der Waals surface area contributed by atoms with Gasteiger partial charge in [-0.05, 0) is 55.6 Å². The Balaban J connectivity index is 1.62. The van der Waals surface area contributed by atoms with E-state index in [1.54, 1.807) is 6.07 Å². The Labute approximate surface area is 167 Å². The smallest absolute Gasteiger partial charge is 0.255 e. The van der Waals surface area contributed by atoms with Crippen molar-refractivity contribution >= 4 is 32.7 Å². The summed E-state index contributed by atoms with van der Waals surface area (Å²) in [5.74, 6) is 0.305. The highest BCUT2D eigenvalue weighted by atomic mass is 32.2. The molecule has 1 aromatic heterocycles. The first-order valence-electron chi connectivity index (χ1n) is 8.87. The normalized spacial score (nSPS) is 11.5. The van der Waals surface area contributed by atoms with Gasteiger partial charge in [-0.1, -0.05) is 24.3 Å². The molecule has 4 rings (SSSR count). The highest BCUT2D eigenvalue weighted by Gasteiger charge is 2.15. The average Bonchev–Trinajstić information content (AvgIpc) is 3.18. The van der Waals surface area contributed by atoms with Crippen molar-refractivity contribution in [1.29, 1.82) is 0 Å². The zero-order valence-electron chi connectivity index (χ0n) is 15.5. The van der Waals surface area contributed by atoms with E-state index in [0.717, 1.165) is 16.6 Å². The molecule has 0 bridgehead atoms. The van der Waals surface area contributed by atoms with Gasteiger partial charge >= 0.3 is 0 Å². The van der Waals surface area contributed by atoms with Crippen LogP contribution in [0.1, 0.15) is 10.4 Å². The molecule has 0 aliphatic heterocycles. The molecular formula is C21H18N4O3S. The van der Waals surface area contributed by atoms with E-state index in [1.165, 1.54) is 31.3 Å². The first kappa shape index (κ1) is 18.9. The molecule has 0 atom stereocenters. The summed E-state index contributed by atoms with van der Waals surface area (Å²) in [4.78, 5) is 20.6. The minimum atomic E-state index is -3.55. The van der Waals surface area contributed by atoms with Gasteiger partial charge < -0.3 is 10.3 Å². The topological polar surface area (TPSA) is 104 Å². The molecule has 4 aromatic rings. The van der Waals surface area contributed by atoms with E-state index in [4.69, 9.17) is 0 Å². The average molecular weight is 406 g/mol. The van der Waals surface area contributed by atoms with Crippen molar-refractivity contribution in [2.75, 3.05) is 12.4 Å². The van der Waals surface area contributed by atoms with Crippen LogP contribution in [0.15, 0.2) is 77.7 Å². The van der Waals surface area contributed by atoms with E-state index in [0.29, 0.717) is 17.1 Å². The third-order valence-corrected chi connectivity index (χ3v) is 5.95. The molecule has 3 N–H and O–H groups in total. The van der Waals surface area contributed by atoms with Crippen LogP contribution in [0, 0.1) is 0 Å². The molecule has 0 aliphatic rings. The monoisotopic (exact) mass is 406 g/mol. The molecule has 8 heteroatoms. The summed E-state index contributed by atoms with van der Waals surface area (Å²) in [5, 5.41) is 2.88. The largest absolute Gasteiger partial charge is 0.338 e. The molecular weight excluding hydrogens is 388 g/mol. The molecule has 1 amide bonds. The first-order chi connectivity index (χ1) is 14.0. The van der Waals surface area contributed by atoms with Crippen molar-refractivity contribution in [1.82, 2.24) is 14.7 Å². The van der Waals surface area contributed by atoms with Crippen LogP contribution >= 0.6 is 0 Å². The van der Waals surface area contributed by atoms with E-state index in [1.807, 2.05) is 42.5 Å². The van der Waals surface area contributed by atoms with E-state index >= 15 is 0 Å². The van der Waals surface area contributed by atoms with Crippen molar-refractivity contribution in [3.05, 3.63) is 78.4 Å². The van der Waals surface area contributed by atoms with Gasteiger partial charge in [0.15, 0.2) is 0 Å². The van der Waals surface area contributed by atoms with Gasteiger partial charge in [0.1, 0.15) is 5.82 Å². The Kier molecular flexibility index (Phi) is 4.87. The number of rotatable bonds is 5. The lowest BCUT2D eigenvalue weighted by Crippen LogP contribution is -2.19. The van der Waals surface area contributed by atoms with Crippen LogP contribution < -0.4 is 10.0 Å². The number of carbonyl (C=O) groups excluding carboxylic acids is 1. The lowest BCUT2D eigenvalue weighted by Gasteiger charge is -2.10.